The molecule has 5 nitrogen and oxygen atoms in total. The Balaban J connectivity index is 4.26. The van der Waals surface area contributed by atoms with Crippen molar-refractivity contribution in [2.75, 3.05) is 0 Å². The predicted molar refractivity (Wildman–Crippen MR) is 138 cm³/mol. The van der Waals surface area contributed by atoms with Crippen LogP contribution in [0.5, 0.6) is 0 Å². The Hall–Kier alpha value is -0.623. The van der Waals surface area contributed by atoms with Crippen LogP contribution >= 0.6 is 15.9 Å². The number of aromatic nitrogens is 1. The van der Waals surface area contributed by atoms with Gasteiger partial charge >= 0.3 is 5.97 Å². The summed E-state index contributed by atoms with van der Waals surface area (Å²) in [7, 11) is -2.53. The number of carboxylic acid groups (broad SMARTS) is 1. The Bertz CT molecular complexity index is 881. The van der Waals surface area contributed by atoms with Crippen LogP contribution in [-0.2, 0) is 27.1 Å². The zero-order valence-corrected chi connectivity index (χ0v) is 24.9. The molecular formula is C23H38BrF3N2O3SSi. The van der Waals surface area contributed by atoms with Gasteiger partial charge in [0.05, 0.1) is 14.5 Å². The summed E-state index contributed by atoms with van der Waals surface area (Å²) in [6.45, 7) is 16.3. The molecule has 0 aliphatic heterocycles. The molecule has 0 saturated carbocycles. The number of hydrogen-bond donors (Lipinski definition) is 2. The van der Waals surface area contributed by atoms with E-state index in [1.807, 2.05) is 41.5 Å². The summed E-state index contributed by atoms with van der Waals surface area (Å²) in [6.07, 6.45) is -4.58. The molecule has 0 fully saturated rings. The molecule has 0 radical (unpaired) electrons. The van der Waals surface area contributed by atoms with Crippen LogP contribution in [0.2, 0.25) is 18.1 Å². The summed E-state index contributed by atoms with van der Waals surface area (Å²) in [4.78, 5) is 16.0. The van der Waals surface area contributed by atoms with E-state index in [9.17, 15) is 23.2 Å². The highest BCUT2D eigenvalue weighted by atomic mass is 79.9. The normalized spacial score (nSPS) is 16.0. The van der Waals surface area contributed by atoms with E-state index in [1.165, 1.54) is 0 Å². The molecule has 0 saturated heterocycles. The Morgan fingerprint density at radius 2 is 1.62 bits per heavy atom. The Labute approximate surface area is 214 Å². The monoisotopic (exact) mass is 586 g/mol. The standard InChI is InChI=1S/C23H38BrF3N2O3SSi/c1-10-34(11-2,12-3)17-15(21(4,5)6)19(24)28-18(16(17)25)23(20(26)27,13-14(30)31)29-33(32)22(7,8)9/h20,29H,10-13H2,1-9H3,(H,30,31)/t23?,33-/m1/s1. The lowest BCUT2D eigenvalue weighted by Gasteiger charge is -2.39. The number of rotatable bonds is 10. The molecule has 1 aromatic heterocycles. The molecule has 1 unspecified atom stereocenters. The highest BCUT2D eigenvalue weighted by molar-refractivity contribution is 9.10. The molecule has 0 bridgehead atoms. The van der Waals surface area contributed by atoms with Gasteiger partial charge in [-0.1, -0.05) is 59.7 Å². The van der Waals surface area contributed by atoms with Gasteiger partial charge in [-0.05, 0) is 52.9 Å². The van der Waals surface area contributed by atoms with Crippen molar-refractivity contribution in [2.24, 2.45) is 0 Å². The third-order valence-electron chi connectivity index (χ3n) is 6.46. The minimum absolute atomic E-state index is 0.206. The number of pyridine rings is 1. The number of alkyl halides is 2. The van der Waals surface area contributed by atoms with Crippen molar-refractivity contribution in [1.29, 1.82) is 0 Å². The Kier molecular flexibility index (Phi) is 10.3. The maximum absolute atomic E-state index is 16.6. The Morgan fingerprint density at radius 1 is 1.15 bits per heavy atom. The first-order valence-corrected chi connectivity index (χ1v) is 16.0. The second-order valence-electron chi connectivity index (χ2n) is 10.7. The van der Waals surface area contributed by atoms with E-state index in [-0.39, 0.29) is 4.60 Å². The fraction of sp³-hybridized carbons (Fsp3) is 0.739. The molecule has 1 heterocycles. The minimum Gasteiger partial charge on any atom is -0.598 e. The highest BCUT2D eigenvalue weighted by Gasteiger charge is 2.54. The average molecular weight is 588 g/mol. The summed E-state index contributed by atoms with van der Waals surface area (Å²) in [5.41, 5.74) is -3.43. The van der Waals surface area contributed by atoms with Gasteiger partial charge in [-0.2, -0.15) is 0 Å². The lowest BCUT2D eigenvalue weighted by molar-refractivity contribution is -0.141. The van der Waals surface area contributed by atoms with Gasteiger partial charge in [0.1, 0.15) is 20.9 Å². The molecule has 0 aliphatic rings. The van der Waals surface area contributed by atoms with Crippen LogP contribution in [0.3, 0.4) is 0 Å². The van der Waals surface area contributed by atoms with Crippen LogP contribution in [-0.4, -0.2) is 39.9 Å². The van der Waals surface area contributed by atoms with Gasteiger partial charge in [0.15, 0.2) is 5.54 Å². The molecule has 1 aromatic rings. The van der Waals surface area contributed by atoms with Gasteiger partial charge in [0.25, 0.3) is 6.43 Å². The van der Waals surface area contributed by atoms with Gasteiger partial charge in [-0.25, -0.2) is 18.2 Å². The summed E-state index contributed by atoms with van der Waals surface area (Å²) < 4.78 is 60.7. The van der Waals surface area contributed by atoms with Crippen LogP contribution in [0.1, 0.15) is 80.0 Å². The van der Waals surface area contributed by atoms with E-state index >= 15 is 4.39 Å². The number of halogens is 4. The summed E-state index contributed by atoms with van der Waals surface area (Å²) >= 11 is 1.29. The molecule has 2 atom stereocenters. The molecule has 0 amide bonds. The Morgan fingerprint density at radius 3 is 1.94 bits per heavy atom. The fourth-order valence-corrected chi connectivity index (χ4v) is 10.5. The number of nitrogens with one attached hydrogen (secondary N) is 1. The zero-order chi connectivity index (χ0) is 26.9. The van der Waals surface area contributed by atoms with E-state index in [2.05, 4.69) is 25.6 Å². The first kappa shape index (κ1) is 31.4. The molecule has 196 valence electrons. The van der Waals surface area contributed by atoms with Crippen molar-refractivity contribution < 1.29 is 27.6 Å². The number of carboxylic acids is 1. The van der Waals surface area contributed by atoms with Crippen LogP contribution in [0.4, 0.5) is 13.2 Å². The quantitative estimate of drug-likeness (QED) is 0.200. The summed E-state index contributed by atoms with van der Waals surface area (Å²) in [6, 6.07) is 2.04. The van der Waals surface area contributed by atoms with Crippen LogP contribution in [0, 0.1) is 5.82 Å². The second kappa shape index (κ2) is 11.2. The number of nitrogens with zero attached hydrogens (tertiary/aromatic N) is 1. The van der Waals surface area contributed by atoms with Crippen molar-refractivity contribution in [2.45, 2.75) is 109 Å². The zero-order valence-electron chi connectivity index (χ0n) is 21.5. The third-order valence-corrected chi connectivity index (χ3v) is 14.3. The maximum atomic E-state index is 16.6. The first-order valence-electron chi connectivity index (χ1n) is 11.4. The van der Waals surface area contributed by atoms with E-state index in [4.69, 9.17) is 0 Å². The molecule has 0 aliphatic carbocycles. The highest BCUT2D eigenvalue weighted by Crippen LogP contribution is 2.40. The molecule has 0 aromatic carbocycles. The van der Waals surface area contributed by atoms with Crippen molar-refractivity contribution >= 4 is 46.5 Å². The number of aliphatic carboxylic acids is 1. The van der Waals surface area contributed by atoms with E-state index in [0.717, 1.165) is 0 Å². The van der Waals surface area contributed by atoms with Crippen molar-refractivity contribution in [3.05, 3.63) is 21.7 Å². The van der Waals surface area contributed by atoms with E-state index in [1.54, 1.807) is 20.8 Å². The van der Waals surface area contributed by atoms with E-state index in [0.29, 0.717) is 28.9 Å². The molecule has 34 heavy (non-hydrogen) atoms. The maximum Gasteiger partial charge on any atom is 0.306 e. The smallest absolute Gasteiger partial charge is 0.306 e. The van der Waals surface area contributed by atoms with Crippen molar-refractivity contribution in [3.8, 4) is 0 Å². The second-order valence-corrected chi connectivity index (χ2v) is 18.6. The largest absolute Gasteiger partial charge is 0.598 e. The minimum atomic E-state index is -3.39. The number of carbonyl (C=O) groups is 1. The summed E-state index contributed by atoms with van der Waals surface area (Å²) in [5.74, 6) is -2.49. The van der Waals surface area contributed by atoms with Gasteiger partial charge in [-0.15, -0.1) is 4.72 Å². The topological polar surface area (TPSA) is 85.3 Å². The van der Waals surface area contributed by atoms with Crippen molar-refractivity contribution in [1.82, 2.24) is 9.71 Å². The lowest BCUT2D eigenvalue weighted by Crippen LogP contribution is -2.59. The predicted octanol–water partition coefficient (Wildman–Crippen LogP) is 5.98. The van der Waals surface area contributed by atoms with Gasteiger partial charge < -0.3 is 9.66 Å². The van der Waals surface area contributed by atoms with Crippen LogP contribution in [0.15, 0.2) is 4.60 Å². The molecule has 0 spiro atoms. The average Bonchev–Trinajstić information content (AvgIpc) is 2.68. The van der Waals surface area contributed by atoms with Crippen LogP contribution < -0.4 is 9.91 Å². The number of hydrogen-bond acceptors (Lipinski definition) is 4. The van der Waals surface area contributed by atoms with E-state index < -0.39 is 65.5 Å². The lowest BCUT2D eigenvalue weighted by atomic mass is 9.85. The van der Waals surface area contributed by atoms with Gasteiger partial charge in [0, 0.05) is 11.4 Å². The van der Waals surface area contributed by atoms with Crippen molar-refractivity contribution in [3.63, 3.8) is 0 Å². The molecule has 11 heteroatoms. The van der Waals surface area contributed by atoms with Crippen LogP contribution in [0.25, 0.3) is 0 Å². The first-order chi connectivity index (χ1) is 15.3. The fourth-order valence-electron chi connectivity index (χ4n) is 4.24. The summed E-state index contributed by atoms with van der Waals surface area (Å²) in [5, 5.41) is 9.95. The van der Waals surface area contributed by atoms with Gasteiger partial charge in [-0.3, -0.25) is 4.79 Å². The third kappa shape index (κ3) is 6.19. The molecule has 1 rings (SSSR count). The molecule has 2 N–H and O–H groups in total. The molecular weight excluding hydrogens is 549 g/mol. The SMILES string of the molecule is CC[Si](CC)(CC)c1c(F)c(C(CC(=O)O)(N[S@+]([O-])C(C)(C)C)C(F)F)nc(Br)c1C(C)(C)C. The van der Waals surface area contributed by atoms with Gasteiger partial charge in [0.2, 0.25) is 0 Å².